The Hall–Kier alpha value is -4.04. The van der Waals surface area contributed by atoms with Gasteiger partial charge < -0.3 is 29.3 Å². The average molecular weight is 697 g/mol. The van der Waals surface area contributed by atoms with Gasteiger partial charge in [-0.15, -0.1) is 10.1 Å². The van der Waals surface area contributed by atoms with E-state index in [0.29, 0.717) is 23.7 Å². The molecule has 0 aliphatic heterocycles. The molecule has 0 fully saturated rings. The predicted octanol–water partition coefficient (Wildman–Crippen LogP) is 7.82. The van der Waals surface area contributed by atoms with Crippen LogP contribution in [0.1, 0.15) is 108 Å². The van der Waals surface area contributed by atoms with E-state index in [0.717, 1.165) is 56.3 Å². The zero-order chi connectivity index (χ0) is 36.6. The third-order valence-electron chi connectivity index (χ3n) is 9.22. The van der Waals surface area contributed by atoms with Gasteiger partial charge in [-0.25, -0.2) is 0 Å². The number of unbranched alkanes of at least 4 members (excludes halogenated alkanes) is 9. The smallest absolute Gasteiger partial charge is 0.294 e. The number of rotatable bonds is 28. The Morgan fingerprint density at radius 2 is 1.56 bits per heavy atom. The molecule has 2 rings (SSSR count). The molecule has 0 aliphatic rings. The van der Waals surface area contributed by atoms with Gasteiger partial charge in [-0.1, -0.05) is 95.4 Å². The van der Waals surface area contributed by atoms with Crippen LogP contribution in [0.15, 0.2) is 42.5 Å². The van der Waals surface area contributed by atoms with Gasteiger partial charge >= 0.3 is 0 Å². The lowest BCUT2D eigenvalue weighted by Crippen LogP contribution is -2.37. The number of ether oxygens (including phenoxy) is 3. The normalized spacial score (nSPS) is 12.8. The summed E-state index contributed by atoms with van der Waals surface area (Å²) in [5.74, 6) is 1.60. The second kappa shape index (κ2) is 24.2. The van der Waals surface area contributed by atoms with Crippen LogP contribution in [0.2, 0.25) is 0 Å². The van der Waals surface area contributed by atoms with Crippen LogP contribution in [0.4, 0.5) is 0 Å². The van der Waals surface area contributed by atoms with Gasteiger partial charge in [0.2, 0.25) is 5.91 Å². The highest BCUT2D eigenvalue weighted by Gasteiger charge is 2.32. The number of amides is 1. The zero-order valence-electron chi connectivity index (χ0n) is 31.0. The number of carbonyl (C=O) groups excluding carboxylic acids is 1. The van der Waals surface area contributed by atoms with Crippen molar-refractivity contribution in [1.29, 1.82) is 5.26 Å². The van der Waals surface area contributed by atoms with E-state index in [1.54, 1.807) is 14.2 Å². The minimum absolute atomic E-state index is 0.0338. The molecule has 0 heterocycles. The van der Waals surface area contributed by atoms with Gasteiger partial charge in [-0.05, 0) is 68.6 Å². The summed E-state index contributed by atoms with van der Waals surface area (Å²) < 4.78 is 17.0. The summed E-state index contributed by atoms with van der Waals surface area (Å²) in [4.78, 5) is 29.2. The second-order valence-corrected chi connectivity index (χ2v) is 13.2. The Morgan fingerprint density at radius 3 is 2.18 bits per heavy atom. The maximum absolute atomic E-state index is 11.3. The van der Waals surface area contributed by atoms with Gasteiger partial charge in [-0.3, -0.25) is 4.79 Å². The molecular weight excluding hydrogens is 636 g/mol. The Morgan fingerprint density at radius 1 is 0.920 bits per heavy atom. The van der Waals surface area contributed by atoms with Gasteiger partial charge in [0.15, 0.2) is 17.6 Å². The summed E-state index contributed by atoms with van der Waals surface area (Å²) >= 11 is 0. The highest BCUT2D eigenvalue weighted by Crippen LogP contribution is 2.39. The molecule has 2 aromatic rings. The first-order chi connectivity index (χ1) is 24.2. The van der Waals surface area contributed by atoms with Crippen molar-refractivity contribution in [2.45, 2.75) is 115 Å². The summed E-state index contributed by atoms with van der Waals surface area (Å²) in [6, 6.07) is 16.2. The molecule has 1 amide bonds. The van der Waals surface area contributed by atoms with Crippen molar-refractivity contribution in [2.24, 2.45) is 0 Å². The van der Waals surface area contributed by atoms with E-state index >= 15 is 0 Å². The number of methoxy groups -OCH3 is 2. The molecular formula is C39H60N4O7. The largest absolute Gasteiger partial charge is 0.493 e. The van der Waals surface area contributed by atoms with Crippen LogP contribution in [-0.4, -0.2) is 69.5 Å². The van der Waals surface area contributed by atoms with Crippen molar-refractivity contribution in [2.75, 3.05) is 47.5 Å². The average Bonchev–Trinajstić information content (AvgIpc) is 3.11. The summed E-state index contributed by atoms with van der Waals surface area (Å²) in [6.45, 7) is 5.04. The zero-order valence-corrected chi connectivity index (χ0v) is 31.0. The molecule has 0 aliphatic carbocycles. The molecule has 0 bridgehead atoms. The van der Waals surface area contributed by atoms with Gasteiger partial charge in [0.25, 0.3) is 5.09 Å². The molecule has 2 atom stereocenters. The second-order valence-electron chi connectivity index (χ2n) is 13.2. The number of para-hydroxylation sites is 1. The van der Waals surface area contributed by atoms with Crippen molar-refractivity contribution in [1.82, 2.24) is 10.2 Å². The topological polar surface area (TPSA) is 136 Å². The van der Waals surface area contributed by atoms with Gasteiger partial charge in [0.1, 0.15) is 12.4 Å². The SMILES string of the molecule is CCCCCCCCCCCCC(C#N)(CCCN(C)CCc1ccccc1OCC(CNC(C)=O)O[N+](=O)[O-])c1ccc(OC)c(OC)c1. The van der Waals surface area contributed by atoms with E-state index < -0.39 is 16.6 Å². The highest BCUT2D eigenvalue weighted by atomic mass is 17.0. The number of hydrogen-bond donors (Lipinski definition) is 1. The van der Waals surface area contributed by atoms with Crippen LogP contribution in [0.25, 0.3) is 0 Å². The van der Waals surface area contributed by atoms with Crippen molar-refractivity contribution >= 4 is 5.91 Å². The van der Waals surface area contributed by atoms with Crippen LogP contribution < -0.4 is 19.5 Å². The van der Waals surface area contributed by atoms with Crippen LogP contribution in [-0.2, 0) is 21.5 Å². The Balaban J connectivity index is 1.99. The van der Waals surface area contributed by atoms with E-state index in [1.165, 1.54) is 58.3 Å². The molecule has 2 unspecified atom stereocenters. The number of likely N-dealkylation sites (N-methyl/N-ethyl adjacent to an activating group) is 1. The highest BCUT2D eigenvalue weighted by molar-refractivity contribution is 5.72. The molecule has 2 aromatic carbocycles. The van der Waals surface area contributed by atoms with Crippen LogP contribution in [0.5, 0.6) is 17.2 Å². The molecule has 278 valence electrons. The fraction of sp³-hybridized carbons (Fsp3) is 0.641. The summed E-state index contributed by atoms with van der Waals surface area (Å²) in [6.07, 6.45) is 14.6. The van der Waals surface area contributed by atoms with E-state index in [-0.39, 0.29) is 19.1 Å². The lowest BCUT2D eigenvalue weighted by molar-refractivity contribution is -0.768. The van der Waals surface area contributed by atoms with Crippen molar-refractivity contribution in [3.05, 3.63) is 63.7 Å². The molecule has 0 spiro atoms. The maximum atomic E-state index is 11.3. The van der Waals surface area contributed by atoms with Gasteiger partial charge in [-0.2, -0.15) is 5.26 Å². The molecule has 0 radical (unpaired) electrons. The van der Waals surface area contributed by atoms with E-state index in [2.05, 4.69) is 30.3 Å². The number of benzene rings is 2. The first-order valence-electron chi connectivity index (χ1n) is 18.3. The summed E-state index contributed by atoms with van der Waals surface area (Å²) in [5.41, 5.74) is 1.32. The van der Waals surface area contributed by atoms with Crippen LogP contribution in [0.3, 0.4) is 0 Å². The number of hydrogen-bond acceptors (Lipinski definition) is 9. The van der Waals surface area contributed by atoms with Crippen LogP contribution in [0, 0.1) is 21.4 Å². The first kappa shape index (κ1) is 42.1. The van der Waals surface area contributed by atoms with E-state index in [4.69, 9.17) is 19.0 Å². The molecule has 11 nitrogen and oxygen atoms in total. The molecule has 0 aromatic heterocycles. The number of carbonyl (C=O) groups is 1. The number of nitrogens with one attached hydrogen (secondary N) is 1. The molecule has 11 heteroatoms. The number of nitriles is 1. The maximum Gasteiger partial charge on any atom is 0.294 e. The van der Waals surface area contributed by atoms with Crippen LogP contribution >= 0.6 is 0 Å². The minimum atomic E-state index is -0.934. The van der Waals surface area contributed by atoms with Crippen molar-refractivity contribution < 1.29 is 28.9 Å². The molecule has 0 saturated carbocycles. The quantitative estimate of drug-likeness (QED) is 0.0536. The lowest BCUT2D eigenvalue weighted by Gasteiger charge is -2.29. The monoisotopic (exact) mass is 696 g/mol. The van der Waals surface area contributed by atoms with Gasteiger partial charge in [0, 0.05) is 20.0 Å². The predicted molar refractivity (Wildman–Crippen MR) is 196 cm³/mol. The first-order valence-corrected chi connectivity index (χ1v) is 18.3. The summed E-state index contributed by atoms with van der Waals surface area (Å²) in [5, 5.41) is 23.3. The van der Waals surface area contributed by atoms with Crippen molar-refractivity contribution in [3.63, 3.8) is 0 Å². The number of nitrogens with zero attached hydrogens (tertiary/aromatic N) is 3. The molecule has 1 N–H and O–H groups in total. The third-order valence-corrected chi connectivity index (χ3v) is 9.22. The Kier molecular flexibility index (Phi) is 20.4. The lowest BCUT2D eigenvalue weighted by atomic mass is 9.74. The Labute approximate surface area is 299 Å². The fourth-order valence-corrected chi connectivity index (χ4v) is 6.25. The van der Waals surface area contributed by atoms with E-state index in [1.807, 2.05) is 42.5 Å². The minimum Gasteiger partial charge on any atom is -0.493 e. The van der Waals surface area contributed by atoms with E-state index in [9.17, 15) is 20.2 Å². The fourth-order valence-electron chi connectivity index (χ4n) is 6.25. The Bertz CT molecular complexity index is 1320. The van der Waals surface area contributed by atoms with Gasteiger partial charge in [0.05, 0.1) is 25.7 Å². The van der Waals surface area contributed by atoms with Crippen molar-refractivity contribution in [3.8, 4) is 23.3 Å². The standard InChI is InChI=1S/C39H60N4O7/c1-6-7-8-9-10-11-12-13-14-17-24-39(31-40,34-21-22-37(47-4)38(28-34)48-5)25-18-26-42(3)27-23-33-19-15-16-20-36(33)49-30-35(50-43(45)46)29-41-32(2)44/h15-16,19-22,28,35H,6-14,17-18,23-27,29-30H2,1-5H3,(H,41,44). The summed E-state index contributed by atoms with van der Waals surface area (Å²) in [7, 11) is 5.32. The molecule has 0 saturated heterocycles. The molecule has 50 heavy (non-hydrogen) atoms. The third kappa shape index (κ3) is 15.7.